The molecule has 1 fully saturated rings. The van der Waals surface area contributed by atoms with Crippen LogP contribution in [-0.4, -0.2) is 57.8 Å². The van der Waals surface area contributed by atoms with Crippen molar-refractivity contribution in [3.63, 3.8) is 0 Å². The van der Waals surface area contributed by atoms with Crippen LogP contribution in [0.1, 0.15) is 40.9 Å². The number of hydrogen-bond donors (Lipinski definition) is 1. The van der Waals surface area contributed by atoms with E-state index >= 15 is 0 Å². The molecule has 0 radical (unpaired) electrons. The van der Waals surface area contributed by atoms with Crippen LogP contribution in [0, 0.1) is 13.8 Å². The first-order chi connectivity index (χ1) is 16.6. The van der Waals surface area contributed by atoms with Gasteiger partial charge in [-0.25, -0.2) is 9.79 Å². The number of likely N-dealkylation sites (N-methyl/N-ethyl adjacent to an activating group) is 1. The monoisotopic (exact) mass is 472 g/mol. The predicted molar refractivity (Wildman–Crippen MR) is 132 cm³/mol. The van der Waals surface area contributed by atoms with Crippen molar-refractivity contribution in [3.8, 4) is 0 Å². The number of benzene rings is 2. The van der Waals surface area contributed by atoms with Crippen LogP contribution < -0.4 is 10.6 Å². The smallest absolute Gasteiger partial charge is 0.328 e. The van der Waals surface area contributed by atoms with Gasteiger partial charge < -0.3 is 10.6 Å². The number of nitrogens with zero attached hydrogens (tertiary/aromatic N) is 5. The van der Waals surface area contributed by atoms with E-state index in [1.807, 2.05) is 55.7 Å². The molecule has 9 nitrogen and oxygen atoms in total. The predicted octanol–water partition coefficient (Wildman–Crippen LogP) is 2.93. The lowest BCUT2D eigenvalue weighted by atomic mass is 10.0. The Bertz CT molecular complexity index is 1330. The largest absolute Gasteiger partial charge is 0.366 e. The van der Waals surface area contributed by atoms with Gasteiger partial charge in [-0.15, -0.1) is 0 Å². The second kappa shape index (κ2) is 7.97. The number of carbonyl (C=O) groups excluding carboxylic acids is 3. The Morgan fingerprint density at radius 3 is 2.34 bits per heavy atom. The van der Waals surface area contributed by atoms with Crippen LogP contribution in [0.25, 0.3) is 0 Å². The standard InChI is InChI=1S/C26H28N6O3/c1-14-6-7-15(2)19(12-14)13-30-24(34)21-23(29(5)26(30)35)28-25-31(16(3)17(4)32(21)25)20-10-8-18(9-11-20)22(27)33/h6-12,21,23H,13H2,1-5H3,(H2,27,33). The van der Waals surface area contributed by atoms with E-state index in [1.165, 1.54) is 4.90 Å². The average molecular weight is 473 g/mol. The number of rotatable bonds is 4. The first-order valence-electron chi connectivity index (χ1n) is 11.5. The van der Waals surface area contributed by atoms with E-state index in [0.29, 0.717) is 11.5 Å². The lowest BCUT2D eigenvalue weighted by Crippen LogP contribution is -2.64. The number of nitrogens with two attached hydrogens (primary N) is 1. The summed E-state index contributed by atoms with van der Waals surface area (Å²) in [6, 6.07) is 12.0. The van der Waals surface area contributed by atoms with Crippen LogP contribution in [0.4, 0.5) is 10.5 Å². The molecule has 4 amide bonds. The first-order valence-corrected chi connectivity index (χ1v) is 11.5. The van der Waals surface area contributed by atoms with Crippen molar-refractivity contribution in [1.82, 2.24) is 14.7 Å². The van der Waals surface area contributed by atoms with Crippen LogP contribution in [0.5, 0.6) is 0 Å². The van der Waals surface area contributed by atoms with Gasteiger partial charge in [-0.3, -0.25) is 24.3 Å². The lowest BCUT2D eigenvalue weighted by Gasteiger charge is -2.41. The van der Waals surface area contributed by atoms with Crippen molar-refractivity contribution in [2.24, 2.45) is 10.7 Å². The van der Waals surface area contributed by atoms with Crippen molar-refractivity contribution < 1.29 is 14.4 Å². The molecule has 9 heteroatoms. The number of imide groups is 1. The van der Waals surface area contributed by atoms with Crippen molar-refractivity contribution in [2.75, 3.05) is 11.9 Å². The second-order valence-corrected chi connectivity index (χ2v) is 9.32. The van der Waals surface area contributed by atoms with E-state index in [-0.39, 0.29) is 18.5 Å². The van der Waals surface area contributed by atoms with Gasteiger partial charge in [0.1, 0.15) is 0 Å². The summed E-state index contributed by atoms with van der Waals surface area (Å²) >= 11 is 0. The number of hydrogen-bond acceptors (Lipinski definition) is 6. The SMILES string of the molecule is CC1=C(C)N2C(=NC3C2C(=O)N(Cc2cc(C)ccc2C)C(=O)N3C)N1c1ccc(C(N)=O)cc1. The molecule has 2 aromatic carbocycles. The minimum atomic E-state index is -0.650. The van der Waals surface area contributed by atoms with E-state index in [9.17, 15) is 14.4 Å². The molecule has 3 aliphatic rings. The zero-order valence-electron chi connectivity index (χ0n) is 20.4. The van der Waals surface area contributed by atoms with Gasteiger partial charge in [0.05, 0.1) is 6.54 Å². The van der Waals surface area contributed by atoms with E-state index < -0.39 is 18.1 Å². The molecule has 0 saturated carbocycles. The average Bonchev–Trinajstić information content (AvgIpc) is 3.33. The summed E-state index contributed by atoms with van der Waals surface area (Å²) in [5.41, 5.74) is 11.4. The molecule has 2 unspecified atom stereocenters. The van der Waals surface area contributed by atoms with Gasteiger partial charge in [-0.1, -0.05) is 23.8 Å². The maximum Gasteiger partial charge on any atom is 0.328 e. The molecule has 2 aromatic rings. The number of fused-ring (bicyclic) bond motifs is 3. The third kappa shape index (κ3) is 3.38. The molecule has 2 N–H and O–H groups in total. The van der Waals surface area contributed by atoms with E-state index in [4.69, 9.17) is 10.7 Å². The highest BCUT2D eigenvalue weighted by Crippen LogP contribution is 2.40. The Kier molecular flexibility index (Phi) is 5.16. The quantitative estimate of drug-likeness (QED) is 0.737. The Morgan fingerprint density at radius 2 is 1.69 bits per heavy atom. The van der Waals surface area contributed by atoms with Gasteiger partial charge in [0.2, 0.25) is 11.9 Å². The van der Waals surface area contributed by atoms with Gasteiger partial charge in [0.25, 0.3) is 5.91 Å². The van der Waals surface area contributed by atoms with Gasteiger partial charge in [0, 0.05) is 29.7 Å². The molecule has 35 heavy (non-hydrogen) atoms. The summed E-state index contributed by atoms with van der Waals surface area (Å²) in [5.74, 6) is -0.179. The van der Waals surface area contributed by atoms with Crippen molar-refractivity contribution >= 4 is 29.5 Å². The topological polar surface area (TPSA) is 103 Å². The molecule has 0 aliphatic carbocycles. The van der Waals surface area contributed by atoms with Crippen LogP contribution in [0.3, 0.4) is 0 Å². The molecule has 5 rings (SSSR count). The molecule has 0 aromatic heterocycles. The minimum absolute atomic E-state index is 0.210. The molecular weight excluding hydrogens is 444 g/mol. The number of anilines is 1. The summed E-state index contributed by atoms with van der Waals surface area (Å²) in [6.45, 7) is 8.09. The lowest BCUT2D eigenvalue weighted by molar-refractivity contribution is -0.137. The Labute approximate surface area is 204 Å². The van der Waals surface area contributed by atoms with Crippen LogP contribution in [-0.2, 0) is 11.3 Å². The fourth-order valence-electron chi connectivity index (χ4n) is 4.98. The van der Waals surface area contributed by atoms with Crippen molar-refractivity contribution in [1.29, 1.82) is 0 Å². The molecule has 0 bridgehead atoms. The highest BCUT2D eigenvalue weighted by atomic mass is 16.2. The Hall–Kier alpha value is -4.14. The van der Waals surface area contributed by atoms with Crippen LogP contribution in [0.15, 0.2) is 58.9 Å². The number of aryl methyl sites for hydroxylation is 2. The van der Waals surface area contributed by atoms with E-state index in [1.54, 1.807) is 36.2 Å². The van der Waals surface area contributed by atoms with Gasteiger partial charge in [-0.2, -0.15) is 0 Å². The summed E-state index contributed by atoms with van der Waals surface area (Å²) in [5, 5.41) is 0. The first kappa shape index (κ1) is 22.6. The fourth-order valence-corrected chi connectivity index (χ4v) is 4.98. The maximum atomic E-state index is 13.8. The molecule has 3 heterocycles. The van der Waals surface area contributed by atoms with Gasteiger partial charge in [-0.05, 0) is 63.1 Å². The number of allylic oxidation sites excluding steroid dienone is 2. The normalized spacial score (nSPS) is 21.6. The third-order valence-corrected chi connectivity index (χ3v) is 7.14. The van der Waals surface area contributed by atoms with Crippen molar-refractivity contribution in [2.45, 2.75) is 46.4 Å². The minimum Gasteiger partial charge on any atom is -0.366 e. The number of primary amides is 1. The third-order valence-electron chi connectivity index (χ3n) is 7.14. The van der Waals surface area contributed by atoms with Crippen LogP contribution >= 0.6 is 0 Å². The van der Waals surface area contributed by atoms with E-state index in [2.05, 4.69) is 0 Å². The van der Waals surface area contributed by atoms with E-state index in [0.717, 1.165) is 33.8 Å². The molecule has 3 aliphatic heterocycles. The zero-order chi connectivity index (χ0) is 25.2. The maximum absolute atomic E-state index is 13.8. The molecule has 1 saturated heterocycles. The number of amides is 4. The number of aliphatic imine (C=N–C) groups is 1. The second-order valence-electron chi connectivity index (χ2n) is 9.32. The number of carbonyl (C=O) groups is 3. The van der Waals surface area contributed by atoms with Gasteiger partial charge in [0.15, 0.2) is 12.2 Å². The highest BCUT2D eigenvalue weighted by molar-refractivity contribution is 6.10. The summed E-state index contributed by atoms with van der Waals surface area (Å²) in [4.78, 5) is 50.1. The molecule has 180 valence electrons. The molecule has 2 atom stereocenters. The summed E-state index contributed by atoms with van der Waals surface area (Å²) < 4.78 is 0. The summed E-state index contributed by atoms with van der Waals surface area (Å²) in [7, 11) is 1.69. The highest BCUT2D eigenvalue weighted by Gasteiger charge is 2.55. The van der Waals surface area contributed by atoms with Gasteiger partial charge >= 0.3 is 6.03 Å². The number of guanidine groups is 1. The van der Waals surface area contributed by atoms with Crippen LogP contribution in [0.2, 0.25) is 0 Å². The van der Waals surface area contributed by atoms with Crippen molar-refractivity contribution in [3.05, 3.63) is 76.1 Å². The zero-order valence-corrected chi connectivity index (χ0v) is 20.4. The fraction of sp³-hybridized carbons (Fsp3) is 0.308. The molecular formula is C26H28N6O3. The summed E-state index contributed by atoms with van der Waals surface area (Å²) in [6.07, 6.45) is -0.629. The number of urea groups is 1. The Balaban J connectivity index is 1.50. The Morgan fingerprint density at radius 1 is 1.00 bits per heavy atom. The molecule has 0 spiro atoms.